The molecule has 0 bridgehead atoms. The minimum atomic E-state index is -0.883. The van der Waals surface area contributed by atoms with Gasteiger partial charge in [0.2, 0.25) is 5.91 Å². The average Bonchev–Trinajstić information content (AvgIpc) is 2.54. The van der Waals surface area contributed by atoms with Crippen LogP contribution in [0.3, 0.4) is 0 Å². The molecule has 1 amide bonds. The Balaban J connectivity index is 1.61. The maximum atomic E-state index is 12.5. The number of likely N-dealkylation sites (tertiary alicyclic amines) is 1. The quantitative estimate of drug-likeness (QED) is 0.870. The second-order valence-electron chi connectivity index (χ2n) is 6.99. The number of carbonyl (C=O) groups excluding carboxylic acids is 1. The molecule has 1 N–H and O–H groups in total. The number of carboxylic acid groups (broad SMARTS) is 1. The number of carbonyl (C=O) groups is 2. The molecule has 1 aliphatic carbocycles. The lowest BCUT2D eigenvalue weighted by molar-refractivity contribution is -0.157. The van der Waals surface area contributed by atoms with Gasteiger partial charge in [-0.25, -0.2) is 0 Å². The van der Waals surface area contributed by atoms with Crippen molar-refractivity contribution >= 4 is 11.9 Å². The molecule has 1 aromatic carbocycles. The number of piperidine rings is 1. The summed E-state index contributed by atoms with van der Waals surface area (Å²) in [6, 6.07) is 9.42. The van der Waals surface area contributed by atoms with Crippen molar-refractivity contribution in [3.8, 4) is 5.75 Å². The lowest BCUT2D eigenvalue weighted by Gasteiger charge is -2.42. The van der Waals surface area contributed by atoms with Crippen molar-refractivity contribution < 1.29 is 19.4 Å². The van der Waals surface area contributed by atoms with Gasteiger partial charge < -0.3 is 14.7 Å². The molecule has 1 saturated heterocycles. The number of benzene rings is 1. The molecule has 2 fully saturated rings. The van der Waals surface area contributed by atoms with Crippen molar-refractivity contribution in [1.82, 2.24) is 4.90 Å². The van der Waals surface area contributed by atoms with Crippen molar-refractivity contribution in [3.05, 3.63) is 30.3 Å². The fourth-order valence-corrected chi connectivity index (χ4v) is 3.60. The van der Waals surface area contributed by atoms with Gasteiger partial charge in [-0.1, -0.05) is 24.6 Å². The molecule has 0 aromatic heterocycles. The lowest BCUT2D eigenvalue weighted by atomic mass is 9.76. The molecular weight excluding hydrogens is 306 g/mol. The molecule has 3 rings (SSSR count). The van der Waals surface area contributed by atoms with Crippen LogP contribution in [0.25, 0.3) is 0 Å². The van der Waals surface area contributed by atoms with Crippen LogP contribution in [0.4, 0.5) is 0 Å². The molecule has 5 heteroatoms. The highest BCUT2D eigenvalue weighted by Gasteiger charge is 2.44. The second-order valence-corrected chi connectivity index (χ2v) is 6.99. The van der Waals surface area contributed by atoms with Gasteiger partial charge >= 0.3 is 5.97 Å². The third kappa shape index (κ3) is 3.55. The zero-order valence-corrected chi connectivity index (χ0v) is 13.9. The summed E-state index contributed by atoms with van der Waals surface area (Å²) in [6.45, 7) is 1.35. The Kier molecular flexibility index (Phi) is 5.07. The summed E-state index contributed by atoms with van der Waals surface area (Å²) >= 11 is 0. The molecule has 5 nitrogen and oxygen atoms in total. The second kappa shape index (κ2) is 7.24. The summed E-state index contributed by atoms with van der Waals surface area (Å²) in [7, 11) is 0. The maximum absolute atomic E-state index is 12.5. The van der Waals surface area contributed by atoms with Crippen LogP contribution in [-0.2, 0) is 9.59 Å². The molecule has 1 saturated carbocycles. The first-order valence-electron chi connectivity index (χ1n) is 8.81. The van der Waals surface area contributed by atoms with Gasteiger partial charge in [-0.3, -0.25) is 9.59 Å². The normalized spacial score (nSPS) is 24.2. The van der Waals surface area contributed by atoms with E-state index in [2.05, 4.69) is 0 Å². The van der Waals surface area contributed by atoms with E-state index >= 15 is 0 Å². The molecule has 1 atom stereocenters. The Morgan fingerprint density at radius 1 is 1.21 bits per heavy atom. The summed E-state index contributed by atoms with van der Waals surface area (Å²) in [5, 5.41) is 9.80. The molecule has 1 heterocycles. The summed E-state index contributed by atoms with van der Waals surface area (Å²) in [6.07, 6.45) is 4.79. The van der Waals surface area contributed by atoms with Crippen LogP contribution >= 0.6 is 0 Å². The summed E-state index contributed by atoms with van der Waals surface area (Å²) in [5.74, 6) is 0.201. The number of para-hydroxylation sites is 1. The summed E-state index contributed by atoms with van der Waals surface area (Å²) in [5.41, 5.74) is -0.883. The fourth-order valence-electron chi connectivity index (χ4n) is 3.60. The predicted octanol–water partition coefficient (Wildman–Crippen LogP) is 2.95. The highest BCUT2D eigenvalue weighted by molar-refractivity contribution is 5.82. The summed E-state index contributed by atoms with van der Waals surface area (Å²) < 4.78 is 5.69. The first-order chi connectivity index (χ1) is 11.6. The monoisotopic (exact) mass is 331 g/mol. The van der Waals surface area contributed by atoms with Gasteiger partial charge in [0.15, 0.2) is 0 Å². The van der Waals surface area contributed by atoms with Crippen molar-refractivity contribution in [3.63, 3.8) is 0 Å². The Labute approximate surface area is 142 Å². The van der Waals surface area contributed by atoms with Crippen LogP contribution in [0.15, 0.2) is 30.3 Å². The Hall–Kier alpha value is -2.04. The van der Waals surface area contributed by atoms with E-state index in [-0.39, 0.29) is 11.8 Å². The van der Waals surface area contributed by atoms with E-state index in [9.17, 15) is 14.7 Å². The van der Waals surface area contributed by atoms with E-state index in [0.29, 0.717) is 32.5 Å². The number of hydrogen-bond acceptors (Lipinski definition) is 3. The number of aliphatic carboxylic acids is 1. The van der Waals surface area contributed by atoms with Gasteiger partial charge in [0, 0.05) is 19.0 Å². The van der Waals surface area contributed by atoms with Crippen LogP contribution in [0, 0.1) is 11.3 Å². The molecular formula is C19H25NO4. The van der Waals surface area contributed by atoms with E-state index < -0.39 is 11.4 Å². The van der Waals surface area contributed by atoms with Gasteiger partial charge in [0.25, 0.3) is 0 Å². The molecule has 2 aliphatic rings. The zero-order valence-electron chi connectivity index (χ0n) is 13.9. The van der Waals surface area contributed by atoms with Gasteiger partial charge in [-0.15, -0.1) is 0 Å². The highest BCUT2D eigenvalue weighted by Crippen LogP contribution is 2.37. The highest BCUT2D eigenvalue weighted by atomic mass is 16.5. The van der Waals surface area contributed by atoms with Gasteiger partial charge in [-0.05, 0) is 44.2 Å². The van der Waals surface area contributed by atoms with Crippen molar-refractivity contribution in [2.24, 2.45) is 11.3 Å². The van der Waals surface area contributed by atoms with E-state index in [0.717, 1.165) is 31.4 Å². The number of carboxylic acids is 1. The van der Waals surface area contributed by atoms with Crippen molar-refractivity contribution in [1.29, 1.82) is 0 Å². The SMILES string of the molecule is O=C(C1CCC1)N1CCCC(CCOc2ccccc2)(C(=O)O)C1. The standard InChI is InChI=1S/C19H25NO4/c21-17(15-6-4-7-15)20-12-5-10-19(14-20,18(22)23)11-13-24-16-8-2-1-3-9-16/h1-3,8-9,15H,4-7,10-14H2,(H,22,23). The maximum Gasteiger partial charge on any atom is 0.311 e. The van der Waals surface area contributed by atoms with Crippen LogP contribution in [0.2, 0.25) is 0 Å². The van der Waals surface area contributed by atoms with Gasteiger partial charge in [0.1, 0.15) is 5.75 Å². The van der Waals surface area contributed by atoms with E-state index in [1.165, 1.54) is 0 Å². The summed E-state index contributed by atoms with van der Waals surface area (Å²) in [4.78, 5) is 26.2. The van der Waals surface area contributed by atoms with Crippen molar-refractivity contribution in [2.75, 3.05) is 19.7 Å². The third-order valence-corrected chi connectivity index (χ3v) is 5.39. The van der Waals surface area contributed by atoms with E-state index in [1.807, 2.05) is 30.3 Å². The Morgan fingerprint density at radius 2 is 1.96 bits per heavy atom. The van der Waals surface area contributed by atoms with Crippen LogP contribution in [0.1, 0.15) is 38.5 Å². The molecule has 24 heavy (non-hydrogen) atoms. The Bertz CT molecular complexity index is 584. The number of amides is 1. The van der Waals surface area contributed by atoms with Crippen LogP contribution in [0.5, 0.6) is 5.75 Å². The van der Waals surface area contributed by atoms with E-state index in [4.69, 9.17) is 4.74 Å². The minimum absolute atomic E-state index is 0.121. The average molecular weight is 331 g/mol. The first-order valence-corrected chi connectivity index (χ1v) is 8.81. The lowest BCUT2D eigenvalue weighted by Crippen LogP contribution is -2.52. The van der Waals surface area contributed by atoms with Crippen LogP contribution < -0.4 is 4.74 Å². The number of rotatable bonds is 6. The number of hydrogen-bond donors (Lipinski definition) is 1. The first kappa shape index (κ1) is 16.8. The molecule has 130 valence electrons. The topological polar surface area (TPSA) is 66.8 Å². The fraction of sp³-hybridized carbons (Fsp3) is 0.579. The molecule has 1 aromatic rings. The minimum Gasteiger partial charge on any atom is -0.494 e. The number of ether oxygens (including phenoxy) is 1. The van der Waals surface area contributed by atoms with Gasteiger partial charge in [-0.2, -0.15) is 0 Å². The third-order valence-electron chi connectivity index (χ3n) is 5.39. The molecule has 0 spiro atoms. The molecule has 1 aliphatic heterocycles. The number of nitrogens with zero attached hydrogens (tertiary/aromatic N) is 1. The Morgan fingerprint density at radius 3 is 2.58 bits per heavy atom. The smallest absolute Gasteiger partial charge is 0.311 e. The largest absolute Gasteiger partial charge is 0.494 e. The zero-order chi connectivity index (χ0) is 17.0. The molecule has 1 unspecified atom stereocenters. The molecule has 0 radical (unpaired) electrons. The van der Waals surface area contributed by atoms with Crippen LogP contribution in [-0.4, -0.2) is 41.6 Å². The van der Waals surface area contributed by atoms with Crippen molar-refractivity contribution in [2.45, 2.75) is 38.5 Å². The predicted molar refractivity (Wildman–Crippen MR) is 89.8 cm³/mol. The van der Waals surface area contributed by atoms with E-state index in [1.54, 1.807) is 4.90 Å². The van der Waals surface area contributed by atoms with Gasteiger partial charge in [0.05, 0.1) is 12.0 Å².